The van der Waals surface area contributed by atoms with E-state index in [1.54, 1.807) is 7.11 Å². The van der Waals surface area contributed by atoms with Crippen molar-refractivity contribution in [1.29, 1.82) is 0 Å². The number of rotatable bonds is 3. The third kappa shape index (κ3) is 3.29. The molecule has 1 N–H and O–H groups in total. The van der Waals surface area contributed by atoms with Crippen LogP contribution >= 0.6 is 11.8 Å². The van der Waals surface area contributed by atoms with E-state index in [2.05, 4.69) is 18.3 Å². The lowest BCUT2D eigenvalue weighted by molar-refractivity contribution is 0.256. The summed E-state index contributed by atoms with van der Waals surface area (Å²) in [6, 6.07) is 15.4. The molecule has 0 aliphatic carbocycles. The van der Waals surface area contributed by atoms with Gasteiger partial charge in [0.1, 0.15) is 5.75 Å². The largest absolute Gasteiger partial charge is 0.495 e. The van der Waals surface area contributed by atoms with Gasteiger partial charge in [-0.2, -0.15) is 0 Å². The Morgan fingerprint density at radius 1 is 1.26 bits per heavy atom. The minimum absolute atomic E-state index is 0.124. The molecule has 0 radical (unpaired) electrons. The number of carbonyl (C=O) groups is 1. The van der Waals surface area contributed by atoms with Crippen molar-refractivity contribution in [3.8, 4) is 5.75 Å². The summed E-state index contributed by atoms with van der Waals surface area (Å²) in [6.45, 7) is 2.86. The molecule has 4 nitrogen and oxygen atoms in total. The van der Waals surface area contributed by atoms with Gasteiger partial charge in [-0.3, -0.25) is 4.90 Å². The molecule has 0 aromatic heterocycles. The topological polar surface area (TPSA) is 41.6 Å². The lowest BCUT2D eigenvalue weighted by atomic mass is 10.2. The average Bonchev–Trinajstić information content (AvgIpc) is 2.61. The predicted octanol–water partition coefficient (Wildman–Crippen LogP) is 4.62. The molecule has 2 amide bonds. The molecule has 0 saturated heterocycles. The Labute approximate surface area is 140 Å². The molecule has 2 aromatic carbocycles. The number of thioether (sulfide) groups is 1. The molecule has 2 aromatic rings. The van der Waals surface area contributed by atoms with Gasteiger partial charge in [-0.15, -0.1) is 11.8 Å². The molecule has 0 spiro atoms. The van der Waals surface area contributed by atoms with E-state index in [1.807, 2.05) is 59.1 Å². The van der Waals surface area contributed by atoms with E-state index in [1.165, 1.54) is 0 Å². The number of para-hydroxylation sites is 3. The molecule has 1 aliphatic heterocycles. The van der Waals surface area contributed by atoms with Crippen LogP contribution in [0.2, 0.25) is 0 Å². The number of urea groups is 1. The number of hydrogen-bond donors (Lipinski definition) is 1. The third-order valence-electron chi connectivity index (χ3n) is 3.88. The fourth-order valence-electron chi connectivity index (χ4n) is 2.63. The van der Waals surface area contributed by atoms with Crippen LogP contribution in [0.5, 0.6) is 5.75 Å². The maximum atomic E-state index is 12.8. The number of ether oxygens (including phenoxy) is 1. The molecule has 1 heterocycles. The van der Waals surface area contributed by atoms with E-state index in [9.17, 15) is 4.79 Å². The lowest BCUT2D eigenvalue weighted by Gasteiger charge is -2.33. The molecule has 3 rings (SSSR count). The van der Waals surface area contributed by atoms with Crippen LogP contribution in [0.1, 0.15) is 13.3 Å². The molecule has 0 unspecified atom stereocenters. The van der Waals surface area contributed by atoms with Crippen molar-refractivity contribution in [2.45, 2.75) is 23.5 Å². The molecular formula is C18H20N2O2S. The van der Waals surface area contributed by atoms with Crippen LogP contribution in [0.3, 0.4) is 0 Å². The van der Waals surface area contributed by atoms with Gasteiger partial charge in [-0.25, -0.2) is 4.79 Å². The first-order chi connectivity index (χ1) is 11.2. The maximum Gasteiger partial charge on any atom is 0.326 e. The third-order valence-corrected chi connectivity index (χ3v) is 5.30. The van der Waals surface area contributed by atoms with Crippen LogP contribution in [-0.4, -0.2) is 24.9 Å². The van der Waals surface area contributed by atoms with Crippen molar-refractivity contribution in [2.24, 2.45) is 0 Å². The maximum absolute atomic E-state index is 12.8. The Balaban J connectivity index is 1.87. The second-order valence-corrected chi connectivity index (χ2v) is 6.70. The number of anilines is 2. The van der Waals surface area contributed by atoms with Crippen LogP contribution < -0.4 is 15.0 Å². The quantitative estimate of drug-likeness (QED) is 0.894. The summed E-state index contributed by atoms with van der Waals surface area (Å²) in [5.41, 5.74) is 1.65. The predicted molar refractivity (Wildman–Crippen MR) is 95.7 cm³/mol. The SMILES string of the molecule is CC[C@H]1CN(C(=O)Nc2ccccc2OC)c2ccccc2S1. The number of hydrogen-bond acceptors (Lipinski definition) is 3. The van der Waals surface area contributed by atoms with Crippen LogP contribution in [-0.2, 0) is 0 Å². The second-order valence-electron chi connectivity index (χ2n) is 5.36. The van der Waals surface area contributed by atoms with Gasteiger partial charge in [0.15, 0.2) is 0 Å². The van der Waals surface area contributed by atoms with Crippen molar-refractivity contribution in [1.82, 2.24) is 0 Å². The summed E-state index contributed by atoms with van der Waals surface area (Å²) in [4.78, 5) is 15.8. The van der Waals surface area contributed by atoms with E-state index in [-0.39, 0.29) is 6.03 Å². The highest BCUT2D eigenvalue weighted by Crippen LogP contribution is 2.39. The molecule has 23 heavy (non-hydrogen) atoms. The second kappa shape index (κ2) is 6.96. The Morgan fingerprint density at radius 3 is 2.78 bits per heavy atom. The summed E-state index contributed by atoms with van der Waals surface area (Å²) in [7, 11) is 1.60. The van der Waals surface area contributed by atoms with Gasteiger partial charge in [0.05, 0.1) is 18.5 Å². The molecule has 0 saturated carbocycles. The Morgan fingerprint density at radius 2 is 2.00 bits per heavy atom. The zero-order chi connectivity index (χ0) is 16.2. The Kier molecular flexibility index (Phi) is 4.76. The van der Waals surface area contributed by atoms with E-state index in [4.69, 9.17) is 4.74 Å². The number of nitrogens with zero attached hydrogens (tertiary/aromatic N) is 1. The highest BCUT2D eigenvalue weighted by Gasteiger charge is 2.28. The molecule has 1 atom stereocenters. The normalized spacial score (nSPS) is 16.6. The van der Waals surface area contributed by atoms with E-state index >= 15 is 0 Å². The van der Waals surface area contributed by atoms with Crippen molar-refractivity contribution in [3.05, 3.63) is 48.5 Å². The zero-order valence-corrected chi connectivity index (χ0v) is 14.1. The summed E-state index contributed by atoms with van der Waals surface area (Å²) in [5, 5.41) is 3.38. The molecule has 0 bridgehead atoms. The van der Waals surface area contributed by atoms with Gasteiger partial charge in [0.25, 0.3) is 0 Å². The molecule has 5 heteroatoms. The Bertz CT molecular complexity index is 705. The number of benzene rings is 2. The van der Waals surface area contributed by atoms with Gasteiger partial charge in [-0.05, 0) is 30.7 Å². The van der Waals surface area contributed by atoms with Gasteiger partial charge >= 0.3 is 6.03 Å². The number of amides is 2. The van der Waals surface area contributed by atoms with Crippen LogP contribution in [0, 0.1) is 0 Å². The first-order valence-electron chi connectivity index (χ1n) is 7.70. The number of fused-ring (bicyclic) bond motifs is 1. The average molecular weight is 328 g/mol. The summed E-state index contributed by atoms with van der Waals surface area (Å²) in [5.74, 6) is 0.660. The summed E-state index contributed by atoms with van der Waals surface area (Å²) in [6.07, 6.45) is 1.03. The zero-order valence-electron chi connectivity index (χ0n) is 13.3. The Hall–Kier alpha value is -2.14. The standard InChI is InChI=1S/C18H20N2O2S/c1-3-13-12-20(15-9-5-7-11-17(15)23-13)18(21)19-14-8-4-6-10-16(14)22-2/h4-11,13H,3,12H2,1-2H3,(H,19,21)/t13-/m0/s1. The van der Waals surface area contributed by atoms with E-state index in [0.29, 0.717) is 23.2 Å². The van der Waals surface area contributed by atoms with Gasteiger partial charge in [0, 0.05) is 16.7 Å². The minimum Gasteiger partial charge on any atom is -0.495 e. The lowest BCUT2D eigenvalue weighted by Crippen LogP contribution is -2.41. The highest BCUT2D eigenvalue weighted by molar-refractivity contribution is 8.00. The monoisotopic (exact) mass is 328 g/mol. The molecule has 1 aliphatic rings. The van der Waals surface area contributed by atoms with E-state index in [0.717, 1.165) is 17.0 Å². The summed E-state index contributed by atoms with van der Waals surface area (Å²) >= 11 is 1.85. The fraction of sp³-hybridized carbons (Fsp3) is 0.278. The van der Waals surface area contributed by atoms with Crippen LogP contribution in [0.4, 0.5) is 16.2 Å². The number of methoxy groups -OCH3 is 1. The van der Waals surface area contributed by atoms with Crippen molar-refractivity contribution < 1.29 is 9.53 Å². The van der Waals surface area contributed by atoms with E-state index < -0.39 is 0 Å². The first kappa shape index (κ1) is 15.7. The molecule has 0 fully saturated rings. The van der Waals surface area contributed by atoms with Crippen molar-refractivity contribution in [2.75, 3.05) is 23.9 Å². The minimum atomic E-state index is -0.124. The van der Waals surface area contributed by atoms with Crippen LogP contribution in [0.15, 0.2) is 53.4 Å². The van der Waals surface area contributed by atoms with Crippen molar-refractivity contribution >= 4 is 29.2 Å². The molecule has 120 valence electrons. The van der Waals surface area contributed by atoms with Crippen molar-refractivity contribution in [3.63, 3.8) is 0 Å². The van der Waals surface area contributed by atoms with Gasteiger partial charge in [-0.1, -0.05) is 31.2 Å². The first-order valence-corrected chi connectivity index (χ1v) is 8.58. The smallest absolute Gasteiger partial charge is 0.326 e. The highest BCUT2D eigenvalue weighted by atomic mass is 32.2. The van der Waals surface area contributed by atoms with Gasteiger partial charge < -0.3 is 10.1 Å². The number of carbonyl (C=O) groups excluding carboxylic acids is 1. The van der Waals surface area contributed by atoms with Gasteiger partial charge in [0.2, 0.25) is 0 Å². The summed E-state index contributed by atoms with van der Waals surface area (Å²) < 4.78 is 5.31. The van der Waals surface area contributed by atoms with Crippen LogP contribution in [0.25, 0.3) is 0 Å². The fourth-order valence-corrected chi connectivity index (χ4v) is 3.84. The molecular weight excluding hydrogens is 308 g/mol. The number of nitrogens with one attached hydrogen (secondary N) is 1.